The van der Waals surface area contributed by atoms with Gasteiger partial charge >= 0.3 is 0 Å². The van der Waals surface area contributed by atoms with Gasteiger partial charge in [-0.15, -0.1) is 0 Å². The lowest BCUT2D eigenvalue weighted by Gasteiger charge is -2.25. The highest BCUT2D eigenvalue weighted by Crippen LogP contribution is 2.36. The van der Waals surface area contributed by atoms with Crippen molar-refractivity contribution in [2.24, 2.45) is 5.73 Å². The van der Waals surface area contributed by atoms with E-state index in [4.69, 9.17) is 15.7 Å². The molecule has 0 saturated carbocycles. The molecule has 0 unspecified atom stereocenters. The monoisotopic (exact) mass is 473 g/mol. The second kappa shape index (κ2) is 9.98. The van der Waals surface area contributed by atoms with Crippen molar-refractivity contribution < 1.29 is 4.79 Å². The molecule has 0 atom stereocenters. The first kappa shape index (κ1) is 23.2. The fourth-order valence-electron chi connectivity index (χ4n) is 4.29. The molecule has 36 heavy (non-hydrogen) atoms. The summed E-state index contributed by atoms with van der Waals surface area (Å²) in [6.07, 6.45) is 0. The van der Waals surface area contributed by atoms with E-state index in [2.05, 4.69) is 29.2 Å². The first-order valence-electron chi connectivity index (χ1n) is 11.8. The van der Waals surface area contributed by atoms with Gasteiger partial charge in [0.25, 0.3) is 0 Å². The zero-order chi connectivity index (χ0) is 25.1. The summed E-state index contributed by atoms with van der Waals surface area (Å²) in [5, 5.41) is 0.984. The Kier molecular flexibility index (Phi) is 6.43. The van der Waals surface area contributed by atoms with Crippen LogP contribution in [0.2, 0.25) is 0 Å². The summed E-state index contributed by atoms with van der Waals surface area (Å²) in [6.45, 7) is 0.802. The molecule has 0 saturated heterocycles. The van der Waals surface area contributed by atoms with Crippen molar-refractivity contribution in [3.8, 4) is 11.3 Å². The molecule has 0 aliphatic carbocycles. The molecular weight excluding hydrogens is 446 g/mol. The Balaban J connectivity index is 1.73. The Morgan fingerprint density at radius 1 is 0.778 bits per heavy atom. The van der Waals surface area contributed by atoms with Gasteiger partial charge in [0.15, 0.2) is 0 Å². The highest BCUT2D eigenvalue weighted by Gasteiger charge is 2.19. The maximum Gasteiger partial charge on any atom is 0.248 e. The molecule has 1 aromatic heterocycles. The number of primary amides is 1. The van der Waals surface area contributed by atoms with Crippen LogP contribution in [-0.4, -0.2) is 34.9 Å². The van der Waals surface area contributed by atoms with Crippen molar-refractivity contribution in [3.63, 3.8) is 0 Å². The quantitative estimate of drug-likeness (QED) is 0.317. The van der Waals surface area contributed by atoms with Crippen molar-refractivity contribution in [1.29, 1.82) is 0 Å². The summed E-state index contributed by atoms with van der Waals surface area (Å²) in [5.41, 5.74) is 11.6. The van der Waals surface area contributed by atoms with Crippen LogP contribution < -0.4 is 10.6 Å². The third-order valence-electron chi connectivity index (χ3n) is 5.92. The molecule has 0 radical (unpaired) electrons. The van der Waals surface area contributed by atoms with Crippen LogP contribution in [0.15, 0.2) is 103 Å². The van der Waals surface area contributed by atoms with Crippen LogP contribution in [0.3, 0.4) is 0 Å². The highest BCUT2D eigenvalue weighted by atomic mass is 16.1. The van der Waals surface area contributed by atoms with Crippen molar-refractivity contribution in [3.05, 3.63) is 114 Å². The number of nitrogens with two attached hydrogens (primary N) is 1. The first-order valence-corrected chi connectivity index (χ1v) is 11.8. The van der Waals surface area contributed by atoms with Gasteiger partial charge in [-0.05, 0) is 62.1 Å². The molecule has 0 fully saturated rings. The van der Waals surface area contributed by atoms with E-state index in [-0.39, 0.29) is 0 Å². The van der Waals surface area contributed by atoms with Crippen molar-refractivity contribution in [2.75, 3.05) is 19.0 Å². The first-order chi connectivity index (χ1) is 17.5. The lowest BCUT2D eigenvalue weighted by Crippen LogP contribution is -2.16. The topological polar surface area (TPSA) is 75.3 Å². The van der Waals surface area contributed by atoms with Gasteiger partial charge in [-0.2, -0.15) is 0 Å². The second-order valence-corrected chi connectivity index (χ2v) is 8.91. The van der Waals surface area contributed by atoms with E-state index in [0.29, 0.717) is 11.5 Å². The molecule has 0 bridgehead atoms. The van der Waals surface area contributed by atoms with Crippen LogP contribution in [0.25, 0.3) is 22.2 Å². The minimum atomic E-state index is -0.464. The number of hydrogen-bond acceptors (Lipinski definition) is 5. The molecule has 4 aromatic carbocycles. The summed E-state index contributed by atoms with van der Waals surface area (Å²) >= 11 is 0. The lowest BCUT2D eigenvalue weighted by atomic mass is 10.1. The molecule has 5 rings (SSSR count). The Bertz CT molecular complexity index is 1510. The summed E-state index contributed by atoms with van der Waals surface area (Å²) in [4.78, 5) is 25.9. The molecule has 178 valence electrons. The molecule has 5 aromatic rings. The number of para-hydroxylation sites is 1. The van der Waals surface area contributed by atoms with Crippen LogP contribution in [0.5, 0.6) is 0 Å². The van der Waals surface area contributed by atoms with E-state index in [1.807, 2.05) is 85.7 Å². The van der Waals surface area contributed by atoms with Crippen LogP contribution in [0.4, 0.5) is 17.3 Å². The normalized spacial score (nSPS) is 11.1. The molecule has 6 nitrogen and oxygen atoms in total. The average Bonchev–Trinajstić information content (AvgIpc) is 2.89. The van der Waals surface area contributed by atoms with Gasteiger partial charge in [0.05, 0.1) is 11.2 Å². The minimum Gasteiger partial charge on any atom is -0.366 e. The number of carbonyl (C=O) groups is 1. The number of nitrogens with zero attached hydrogens (tertiary/aromatic N) is 4. The van der Waals surface area contributed by atoms with E-state index in [1.165, 1.54) is 5.56 Å². The summed E-state index contributed by atoms with van der Waals surface area (Å²) in [6, 6.07) is 33.7. The summed E-state index contributed by atoms with van der Waals surface area (Å²) < 4.78 is 0. The van der Waals surface area contributed by atoms with E-state index < -0.39 is 5.91 Å². The minimum absolute atomic E-state index is 0.449. The van der Waals surface area contributed by atoms with E-state index in [1.54, 1.807) is 12.1 Å². The number of hydrogen-bond donors (Lipinski definition) is 1. The Morgan fingerprint density at radius 3 is 2.22 bits per heavy atom. The van der Waals surface area contributed by atoms with Gasteiger partial charge in [-0.3, -0.25) is 9.69 Å². The molecule has 0 spiro atoms. The number of carbonyl (C=O) groups excluding carboxylic acids is 1. The van der Waals surface area contributed by atoms with Crippen molar-refractivity contribution in [1.82, 2.24) is 14.9 Å². The standard InChI is InChI=1S/C30H27N5O/c1-34(2)20-21-9-8-12-25(19-21)35(24-17-15-23(16-18-24)29(31)36)30-32-27-14-7-6-13-26(27)28(33-30)22-10-4-3-5-11-22/h3-19H,20H2,1-2H3,(H2,31,36). The van der Waals surface area contributed by atoms with Crippen molar-refractivity contribution >= 4 is 34.1 Å². The largest absolute Gasteiger partial charge is 0.366 e. The van der Waals surface area contributed by atoms with Gasteiger partial charge in [-0.1, -0.05) is 60.7 Å². The number of aromatic nitrogens is 2. The van der Waals surface area contributed by atoms with Crippen molar-refractivity contribution in [2.45, 2.75) is 6.54 Å². The van der Waals surface area contributed by atoms with Gasteiger partial charge in [0, 0.05) is 34.4 Å². The van der Waals surface area contributed by atoms with E-state index in [0.717, 1.165) is 40.1 Å². The zero-order valence-electron chi connectivity index (χ0n) is 20.3. The number of amides is 1. The average molecular weight is 474 g/mol. The van der Waals surface area contributed by atoms with Gasteiger partial charge in [0.2, 0.25) is 11.9 Å². The smallest absolute Gasteiger partial charge is 0.248 e. The SMILES string of the molecule is CN(C)Cc1cccc(N(c2ccc(C(N)=O)cc2)c2nc(-c3ccccc3)c3ccccc3n2)c1. The third kappa shape index (κ3) is 4.80. The van der Waals surface area contributed by atoms with Crippen LogP contribution in [0.1, 0.15) is 15.9 Å². The second-order valence-electron chi connectivity index (χ2n) is 8.91. The molecule has 0 aliphatic rings. The Labute approximate surface area is 210 Å². The number of anilines is 3. The van der Waals surface area contributed by atoms with Gasteiger partial charge < -0.3 is 10.6 Å². The summed E-state index contributed by atoms with van der Waals surface area (Å²) in [7, 11) is 4.09. The van der Waals surface area contributed by atoms with Gasteiger partial charge in [-0.25, -0.2) is 9.97 Å². The third-order valence-corrected chi connectivity index (χ3v) is 5.92. The lowest BCUT2D eigenvalue weighted by molar-refractivity contribution is 0.100. The molecule has 2 N–H and O–H groups in total. The predicted molar refractivity (Wildman–Crippen MR) is 146 cm³/mol. The molecule has 1 amide bonds. The number of benzene rings is 4. The Morgan fingerprint density at radius 2 is 1.50 bits per heavy atom. The van der Waals surface area contributed by atoms with Crippen LogP contribution in [-0.2, 0) is 6.54 Å². The fraction of sp³-hybridized carbons (Fsp3) is 0.100. The number of rotatable bonds is 7. The van der Waals surface area contributed by atoms with E-state index >= 15 is 0 Å². The zero-order valence-corrected chi connectivity index (χ0v) is 20.3. The van der Waals surface area contributed by atoms with E-state index in [9.17, 15) is 4.79 Å². The highest BCUT2D eigenvalue weighted by molar-refractivity contribution is 5.95. The molecule has 6 heteroatoms. The van der Waals surface area contributed by atoms with Crippen LogP contribution in [0, 0.1) is 0 Å². The van der Waals surface area contributed by atoms with Crippen LogP contribution >= 0.6 is 0 Å². The fourth-order valence-corrected chi connectivity index (χ4v) is 4.29. The molecule has 1 heterocycles. The molecule has 0 aliphatic heterocycles. The molecular formula is C30H27N5O. The number of fused-ring (bicyclic) bond motifs is 1. The van der Waals surface area contributed by atoms with Gasteiger partial charge in [0.1, 0.15) is 0 Å². The Hall–Kier alpha value is -4.55. The maximum absolute atomic E-state index is 11.7. The predicted octanol–water partition coefficient (Wildman–Crippen LogP) is 5.93. The summed E-state index contributed by atoms with van der Waals surface area (Å²) in [5.74, 6) is 0.0794. The maximum atomic E-state index is 11.7.